The largest absolute Gasteiger partial charge is 0.343 e. The highest BCUT2D eigenvalue weighted by Gasteiger charge is 2.68. The van der Waals surface area contributed by atoms with Gasteiger partial charge in [0, 0.05) is 51.0 Å². The highest BCUT2D eigenvalue weighted by molar-refractivity contribution is 7.86. The number of hydrogen-bond donors (Lipinski definition) is 4. The Hall–Kier alpha value is -2.94. The normalized spacial score (nSPS) is 26.7. The van der Waals surface area contributed by atoms with Gasteiger partial charge in [-0.3, -0.25) is 18.2 Å². The standard InChI is InChI=1S/C38H45ClN2O12S4/c1-35(2,3)25-18-23-24(33-36(4,5)27-16-21(56(48,49)50)8-10-30(27)40(33)12-14-54(42,43)44)19-26(25)38(32(23)39)20-29(38)34-37(6,7)28-17-22(57(51,52)53)9-11-31(28)41(34)13-15-55(45,46)47/h8-11,16-17,19,25-26H,12-15,18,20H2,1-7H3,(H3-,42,43,44,45,46,47,48,49,50,51,52,53)/p+1. The van der Waals surface area contributed by atoms with Crippen LogP contribution in [-0.2, 0) is 51.3 Å². The van der Waals surface area contributed by atoms with Gasteiger partial charge < -0.3 is 4.90 Å². The molecular weight excluding hydrogens is 840 g/mol. The second kappa shape index (κ2) is 12.8. The highest BCUT2D eigenvalue weighted by Crippen LogP contribution is 2.75. The zero-order valence-corrected chi connectivity index (χ0v) is 36.4. The van der Waals surface area contributed by atoms with Crippen molar-refractivity contribution in [2.24, 2.45) is 22.7 Å². The van der Waals surface area contributed by atoms with E-state index in [4.69, 9.17) is 11.6 Å². The molecule has 1 spiro atoms. The maximum atomic E-state index is 12.3. The van der Waals surface area contributed by atoms with Crippen molar-refractivity contribution >= 4 is 69.2 Å². The lowest BCUT2D eigenvalue weighted by Gasteiger charge is -2.49. The third-order valence-corrected chi connectivity index (χ3v) is 16.3. The van der Waals surface area contributed by atoms with Crippen molar-refractivity contribution in [3.8, 4) is 0 Å². The predicted molar refractivity (Wildman–Crippen MR) is 215 cm³/mol. The van der Waals surface area contributed by atoms with Crippen LogP contribution in [0.15, 0.2) is 79.7 Å². The van der Waals surface area contributed by atoms with Crippen molar-refractivity contribution in [2.45, 2.75) is 81.9 Å². The van der Waals surface area contributed by atoms with E-state index in [2.05, 4.69) is 26.8 Å². The number of rotatable bonds is 9. The summed E-state index contributed by atoms with van der Waals surface area (Å²) in [6.45, 7) is 13.6. The Morgan fingerprint density at radius 2 is 1.37 bits per heavy atom. The van der Waals surface area contributed by atoms with Crippen LogP contribution in [0.25, 0.3) is 0 Å². The molecule has 3 atom stereocenters. The van der Waals surface area contributed by atoms with Crippen LogP contribution in [0.1, 0.15) is 72.4 Å². The highest BCUT2D eigenvalue weighted by atomic mass is 35.5. The van der Waals surface area contributed by atoms with Gasteiger partial charge in [-0.05, 0) is 91.0 Å². The first-order chi connectivity index (χ1) is 25.8. The van der Waals surface area contributed by atoms with E-state index in [9.17, 15) is 51.9 Å². The topological polar surface area (TPSA) is 224 Å². The van der Waals surface area contributed by atoms with Crippen LogP contribution in [0.2, 0.25) is 0 Å². The lowest BCUT2D eigenvalue weighted by atomic mass is 9.55. The summed E-state index contributed by atoms with van der Waals surface area (Å²) in [6, 6.07) is 8.25. The second-order valence-corrected chi connectivity index (χ2v) is 24.2. The van der Waals surface area contributed by atoms with Gasteiger partial charge in [0.1, 0.15) is 5.75 Å². The quantitative estimate of drug-likeness (QED) is 0.171. The van der Waals surface area contributed by atoms with Crippen LogP contribution in [0.3, 0.4) is 0 Å². The minimum atomic E-state index is -4.60. The van der Waals surface area contributed by atoms with Gasteiger partial charge >= 0.3 is 0 Å². The summed E-state index contributed by atoms with van der Waals surface area (Å²) in [5, 5.41) is 0.542. The summed E-state index contributed by atoms with van der Waals surface area (Å²) in [5.41, 5.74) is 2.97. The van der Waals surface area contributed by atoms with E-state index in [1.165, 1.54) is 36.4 Å². The van der Waals surface area contributed by atoms with Crippen molar-refractivity contribution in [1.82, 2.24) is 0 Å². The van der Waals surface area contributed by atoms with E-state index in [-0.39, 0.29) is 40.1 Å². The number of benzene rings is 2. The van der Waals surface area contributed by atoms with E-state index in [1.807, 2.05) is 27.7 Å². The molecule has 310 valence electrons. The van der Waals surface area contributed by atoms with Crippen molar-refractivity contribution < 1.29 is 56.5 Å². The van der Waals surface area contributed by atoms with Crippen molar-refractivity contribution in [3.05, 3.63) is 81.0 Å². The van der Waals surface area contributed by atoms with Crippen molar-refractivity contribution in [3.63, 3.8) is 0 Å². The van der Waals surface area contributed by atoms with Crippen molar-refractivity contribution in [2.75, 3.05) is 29.5 Å². The van der Waals surface area contributed by atoms with Gasteiger partial charge in [0.2, 0.25) is 5.69 Å². The number of fused-ring (bicyclic) bond motifs is 3. The number of hydrogen-bond acceptors (Lipinski definition) is 9. The Labute approximate surface area is 339 Å². The summed E-state index contributed by atoms with van der Waals surface area (Å²) in [4.78, 5) is 1.13. The van der Waals surface area contributed by atoms with E-state index >= 15 is 0 Å². The first kappa shape index (κ1) is 42.2. The molecule has 0 radical (unpaired) electrons. The first-order valence-corrected chi connectivity index (χ1v) is 24.7. The van der Waals surface area contributed by atoms with Gasteiger partial charge in [0.15, 0.2) is 12.3 Å². The molecule has 2 bridgehead atoms. The molecule has 2 aromatic rings. The Balaban J connectivity index is 1.45. The molecule has 0 aromatic heterocycles. The second-order valence-electron chi connectivity index (χ2n) is 17.8. The summed E-state index contributed by atoms with van der Waals surface area (Å²) in [6.07, 6.45) is 3.16. The van der Waals surface area contributed by atoms with Gasteiger partial charge in [-0.2, -0.15) is 38.2 Å². The third kappa shape index (κ3) is 6.85. The van der Waals surface area contributed by atoms with Crippen LogP contribution in [-0.4, -0.2) is 86.8 Å². The molecular formula is C38H46ClN2O12S4+. The fraction of sp³-hybridized carbons (Fsp3) is 0.500. The third-order valence-electron chi connectivity index (χ3n) is 12.6. The number of allylic oxidation sites excluding steroid dienone is 6. The molecule has 57 heavy (non-hydrogen) atoms. The minimum Gasteiger partial charge on any atom is -0.343 e. The Morgan fingerprint density at radius 1 is 0.807 bits per heavy atom. The lowest BCUT2D eigenvalue weighted by Crippen LogP contribution is -2.44. The zero-order chi connectivity index (χ0) is 42.4. The fourth-order valence-electron chi connectivity index (χ4n) is 9.98. The monoisotopic (exact) mass is 885 g/mol. The molecule has 1 fully saturated rings. The van der Waals surface area contributed by atoms with Gasteiger partial charge in [-0.15, -0.1) is 0 Å². The van der Waals surface area contributed by atoms with Crippen LogP contribution in [0, 0.1) is 22.7 Å². The van der Waals surface area contributed by atoms with E-state index in [1.54, 1.807) is 9.48 Å². The van der Waals surface area contributed by atoms with Gasteiger partial charge in [0.05, 0.1) is 21.0 Å². The lowest BCUT2D eigenvalue weighted by molar-refractivity contribution is -0.432. The van der Waals surface area contributed by atoms with Gasteiger partial charge in [-0.25, -0.2) is 0 Å². The molecule has 4 N–H and O–H groups in total. The maximum Gasteiger partial charge on any atom is 0.294 e. The maximum absolute atomic E-state index is 12.3. The molecule has 0 saturated heterocycles. The van der Waals surface area contributed by atoms with E-state index in [0.717, 1.165) is 16.7 Å². The molecule has 0 amide bonds. The molecule has 3 unspecified atom stereocenters. The molecule has 2 aromatic carbocycles. The fourth-order valence-corrected chi connectivity index (χ4v) is 12.3. The number of nitrogens with zero attached hydrogens (tertiary/aromatic N) is 2. The first-order valence-electron chi connectivity index (χ1n) is 18.2. The zero-order valence-electron chi connectivity index (χ0n) is 32.4. The average molecular weight is 887 g/mol. The molecule has 2 aliphatic heterocycles. The van der Waals surface area contributed by atoms with Crippen molar-refractivity contribution in [1.29, 1.82) is 0 Å². The van der Waals surface area contributed by atoms with E-state index in [0.29, 0.717) is 51.8 Å². The molecule has 8 rings (SSSR count). The van der Waals surface area contributed by atoms with Gasteiger partial charge in [-0.1, -0.05) is 52.3 Å². The average Bonchev–Trinajstić information content (AvgIpc) is 3.66. The van der Waals surface area contributed by atoms with E-state index < -0.39 is 68.2 Å². The van der Waals surface area contributed by atoms with Crippen LogP contribution >= 0.6 is 11.6 Å². The minimum absolute atomic E-state index is 0.0195. The summed E-state index contributed by atoms with van der Waals surface area (Å²) in [7, 11) is -18.0. The molecule has 6 aliphatic rings. The van der Waals surface area contributed by atoms with Crippen LogP contribution in [0.5, 0.6) is 0 Å². The molecule has 1 saturated carbocycles. The molecule has 4 aliphatic carbocycles. The summed E-state index contributed by atoms with van der Waals surface area (Å²) in [5.74, 6) is -1.49. The summed E-state index contributed by atoms with van der Waals surface area (Å²) >= 11 is 7.66. The summed E-state index contributed by atoms with van der Waals surface area (Å²) < 4.78 is 139. The predicted octanol–water partition coefficient (Wildman–Crippen LogP) is 5.89. The molecule has 14 nitrogen and oxygen atoms in total. The Kier molecular flexibility index (Phi) is 9.46. The smallest absolute Gasteiger partial charge is 0.294 e. The number of halogens is 1. The van der Waals surface area contributed by atoms with Crippen LogP contribution < -0.4 is 4.90 Å². The van der Waals surface area contributed by atoms with Gasteiger partial charge in [0.25, 0.3) is 40.5 Å². The molecule has 2 heterocycles. The Morgan fingerprint density at radius 3 is 1.91 bits per heavy atom. The molecule has 19 heteroatoms. The number of anilines is 1. The van der Waals surface area contributed by atoms with Crippen LogP contribution in [0.4, 0.5) is 11.4 Å². The Bertz CT molecular complexity index is 2760. The SMILES string of the molecule is CC1(C)C(=C2CC23C(Cl)=C2CC(C(C)(C)C)C3C=C2C2=[N+](CCS(=O)(=O)O)c3ccc(S(=O)(=O)O)cc3C2(C)C)N(CCS(=O)(=O)O)c2ccc(S(=O)(=O)O)cc21.